The highest BCUT2D eigenvalue weighted by molar-refractivity contribution is 9.10. The molecule has 0 aromatic carbocycles. The fraction of sp³-hybridized carbons (Fsp3) is 0.400. The molecule has 1 unspecified atom stereocenters. The molecular formula is C5H7BrN2O. The van der Waals surface area contributed by atoms with Crippen LogP contribution in [0.25, 0.3) is 0 Å². The van der Waals surface area contributed by atoms with Crippen LogP contribution in [-0.4, -0.2) is 4.98 Å². The maximum absolute atomic E-state index is 5.48. The summed E-state index contributed by atoms with van der Waals surface area (Å²) in [6.45, 7) is 1.85. The molecule has 0 aliphatic heterocycles. The molecule has 1 rings (SSSR count). The van der Waals surface area contributed by atoms with E-state index in [2.05, 4.69) is 20.9 Å². The summed E-state index contributed by atoms with van der Waals surface area (Å²) >= 11 is 3.07. The van der Waals surface area contributed by atoms with Gasteiger partial charge in [0.25, 0.3) is 4.80 Å². The van der Waals surface area contributed by atoms with Crippen molar-refractivity contribution in [3.8, 4) is 0 Å². The first-order valence-corrected chi connectivity index (χ1v) is 3.36. The van der Waals surface area contributed by atoms with Gasteiger partial charge < -0.3 is 10.2 Å². The van der Waals surface area contributed by atoms with Gasteiger partial charge in [0, 0.05) is 22.0 Å². The van der Waals surface area contributed by atoms with Crippen molar-refractivity contribution in [3.05, 3.63) is 16.8 Å². The van der Waals surface area contributed by atoms with Gasteiger partial charge >= 0.3 is 0 Å². The molecule has 1 aromatic rings. The van der Waals surface area contributed by atoms with Gasteiger partial charge in [-0.1, -0.05) is 0 Å². The average Bonchev–Trinajstić information content (AvgIpc) is 2.14. The van der Waals surface area contributed by atoms with E-state index >= 15 is 0 Å². The summed E-state index contributed by atoms with van der Waals surface area (Å²) < 4.78 is 4.85. The average molecular weight is 191 g/mol. The molecule has 0 radical (unpaired) electrons. The third kappa shape index (κ3) is 1.53. The minimum absolute atomic E-state index is 0.0555. The maximum Gasteiger partial charge on any atom is 0.264 e. The van der Waals surface area contributed by atoms with Crippen molar-refractivity contribution in [1.82, 2.24) is 4.98 Å². The van der Waals surface area contributed by atoms with Crippen LogP contribution in [0, 0.1) is 0 Å². The smallest absolute Gasteiger partial charge is 0.264 e. The molecule has 1 atom stereocenters. The topological polar surface area (TPSA) is 52.0 Å². The number of halogens is 1. The third-order valence-corrected chi connectivity index (χ3v) is 1.32. The molecule has 0 saturated carbocycles. The number of nitrogens with two attached hydrogens (primary N) is 1. The van der Waals surface area contributed by atoms with E-state index in [4.69, 9.17) is 10.2 Å². The Hall–Kier alpha value is -0.350. The SMILES string of the molecule is CC(N)c1coc(Br)n1. The van der Waals surface area contributed by atoms with E-state index in [0.717, 1.165) is 5.69 Å². The second kappa shape index (κ2) is 2.49. The Labute approximate surface area is 61.4 Å². The van der Waals surface area contributed by atoms with Gasteiger partial charge in [0.15, 0.2) is 0 Å². The van der Waals surface area contributed by atoms with Gasteiger partial charge in [0.1, 0.15) is 6.26 Å². The van der Waals surface area contributed by atoms with E-state index in [1.54, 1.807) is 0 Å². The third-order valence-electron chi connectivity index (χ3n) is 0.960. The lowest BCUT2D eigenvalue weighted by molar-refractivity contribution is 0.527. The number of aromatic nitrogens is 1. The lowest BCUT2D eigenvalue weighted by atomic mass is 10.3. The highest BCUT2D eigenvalue weighted by Gasteiger charge is 2.03. The first-order valence-electron chi connectivity index (χ1n) is 2.56. The van der Waals surface area contributed by atoms with Crippen molar-refractivity contribution in [1.29, 1.82) is 0 Å². The van der Waals surface area contributed by atoms with Crippen LogP contribution < -0.4 is 5.73 Å². The standard InChI is InChI=1S/C5H7BrN2O/c1-3(7)4-2-9-5(6)8-4/h2-3H,7H2,1H3. The minimum atomic E-state index is -0.0555. The van der Waals surface area contributed by atoms with Crippen LogP contribution in [0.2, 0.25) is 0 Å². The molecule has 0 aliphatic carbocycles. The molecule has 0 aliphatic rings. The van der Waals surface area contributed by atoms with Gasteiger partial charge in [0.05, 0.1) is 5.69 Å². The quantitative estimate of drug-likeness (QED) is 0.730. The highest BCUT2D eigenvalue weighted by atomic mass is 79.9. The van der Waals surface area contributed by atoms with E-state index in [-0.39, 0.29) is 6.04 Å². The molecule has 0 bridgehead atoms. The van der Waals surface area contributed by atoms with Gasteiger partial charge in [0.2, 0.25) is 0 Å². The summed E-state index contributed by atoms with van der Waals surface area (Å²) in [4.78, 5) is 4.42. The highest BCUT2D eigenvalue weighted by Crippen LogP contribution is 2.12. The summed E-state index contributed by atoms with van der Waals surface area (Å²) in [7, 11) is 0. The van der Waals surface area contributed by atoms with E-state index in [9.17, 15) is 0 Å². The van der Waals surface area contributed by atoms with Crippen LogP contribution >= 0.6 is 15.9 Å². The van der Waals surface area contributed by atoms with E-state index < -0.39 is 0 Å². The van der Waals surface area contributed by atoms with Crippen molar-refractivity contribution < 1.29 is 4.42 Å². The summed E-state index contributed by atoms with van der Waals surface area (Å²) in [5, 5.41) is 0. The summed E-state index contributed by atoms with van der Waals surface area (Å²) in [6, 6.07) is -0.0555. The van der Waals surface area contributed by atoms with Crippen molar-refractivity contribution in [2.24, 2.45) is 5.73 Å². The van der Waals surface area contributed by atoms with Gasteiger partial charge in [-0.3, -0.25) is 0 Å². The van der Waals surface area contributed by atoms with Gasteiger partial charge in [-0.2, -0.15) is 0 Å². The van der Waals surface area contributed by atoms with Crippen LogP contribution in [0.3, 0.4) is 0 Å². The van der Waals surface area contributed by atoms with Gasteiger partial charge in [-0.25, -0.2) is 4.98 Å². The number of oxazole rings is 1. The van der Waals surface area contributed by atoms with Crippen molar-refractivity contribution >= 4 is 15.9 Å². The predicted molar refractivity (Wildman–Crippen MR) is 36.8 cm³/mol. The second-order valence-electron chi connectivity index (χ2n) is 1.81. The zero-order chi connectivity index (χ0) is 6.85. The molecule has 0 amide bonds. The van der Waals surface area contributed by atoms with E-state index in [0.29, 0.717) is 4.80 Å². The Balaban J connectivity index is 2.85. The molecule has 0 fully saturated rings. The molecule has 2 N–H and O–H groups in total. The van der Waals surface area contributed by atoms with E-state index in [1.807, 2.05) is 6.92 Å². The first kappa shape index (κ1) is 6.77. The molecule has 4 heteroatoms. The molecule has 0 spiro atoms. The molecule has 0 saturated heterocycles. The Morgan fingerprint density at radius 2 is 2.56 bits per heavy atom. The molecule has 50 valence electrons. The van der Waals surface area contributed by atoms with Crippen molar-refractivity contribution in [3.63, 3.8) is 0 Å². The Kier molecular flexibility index (Phi) is 1.87. The number of hydrogen-bond acceptors (Lipinski definition) is 3. The second-order valence-corrected chi connectivity index (χ2v) is 2.49. The molecule has 3 nitrogen and oxygen atoms in total. The zero-order valence-corrected chi connectivity index (χ0v) is 6.55. The van der Waals surface area contributed by atoms with Crippen molar-refractivity contribution in [2.75, 3.05) is 0 Å². The minimum Gasteiger partial charge on any atom is -0.439 e. The lowest BCUT2D eigenvalue weighted by Crippen LogP contribution is -2.04. The van der Waals surface area contributed by atoms with Crippen LogP contribution in [0.5, 0.6) is 0 Å². The fourth-order valence-corrected chi connectivity index (χ4v) is 0.771. The summed E-state index contributed by atoms with van der Waals surface area (Å²) in [5.74, 6) is 0. The Bertz CT molecular complexity index is 197. The zero-order valence-electron chi connectivity index (χ0n) is 4.97. The Morgan fingerprint density at radius 3 is 2.78 bits per heavy atom. The molecule has 9 heavy (non-hydrogen) atoms. The summed E-state index contributed by atoms with van der Waals surface area (Å²) in [5.41, 5.74) is 6.25. The fourth-order valence-electron chi connectivity index (χ4n) is 0.472. The summed E-state index contributed by atoms with van der Waals surface area (Å²) in [6.07, 6.45) is 1.54. The normalized spacial score (nSPS) is 13.7. The molecular weight excluding hydrogens is 184 g/mol. The van der Waals surface area contributed by atoms with Gasteiger partial charge in [-0.15, -0.1) is 0 Å². The lowest BCUT2D eigenvalue weighted by Gasteiger charge is -1.93. The number of rotatable bonds is 1. The Morgan fingerprint density at radius 1 is 1.89 bits per heavy atom. The largest absolute Gasteiger partial charge is 0.439 e. The van der Waals surface area contributed by atoms with Crippen LogP contribution in [-0.2, 0) is 0 Å². The molecule has 1 heterocycles. The monoisotopic (exact) mass is 190 g/mol. The number of hydrogen-bond donors (Lipinski definition) is 1. The molecule has 1 aromatic heterocycles. The van der Waals surface area contributed by atoms with Crippen LogP contribution in [0.15, 0.2) is 15.5 Å². The van der Waals surface area contributed by atoms with E-state index in [1.165, 1.54) is 6.26 Å². The van der Waals surface area contributed by atoms with Crippen molar-refractivity contribution in [2.45, 2.75) is 13.0 Å². The first-order chi connectivity index (χ1) is 4.20. The maximum atomic E-state index is 5.48. The van der Waals surface area contributed by atoms with Gasteiger partial charge in [-0.05, 0) is 6.92 Å². The van der Waals surface area contributed by atoms with Crippen LogP contribution in [0.1, 0.15) is 18.7 Å². The predicted octanol–water partition coefficient (Wildman–Crippen LogP) is 1.46. The number of nitrogens with zero attached hydrogens (tertiary/aromatic N) is 1. The van der Waals surface area contributed by atoms with Crippen LogP contribution in [0.4, 0.5) is 0 Å².